The van der Waals surface area contributed by atoms with Crippen LogP contribution in [0.15, 0.2) is 53.0 Å². The number of thiophene rings is 1. The largest absolute Gasteiger partial charge is 0.366 e. The third kappa shape index (κ3) is 2.74. The summed E-state index contributed by atoms with van der Waals surface area (Å²) in [5, 5.41) is 10.3. The summed E-state index contributed by atoms with van der Waals surface area (Å²) in [5.41, 5.74) is 8.42. The van der Waals surface area contributed by atoms with Crippen LogP contribution >= 0.6 is 22.9 Å². The van der Waals surface area contributed by atoms with Crippen molar-refractivity contribution in [2.75, 3.05) is 11.1 Å². The molecule has 5 rings (SSSR count). The molecule has 3 N–H and O–H groups in total. The van der Waals surface area contributed by atoms with Crippen LogP contribution in [-0.4, -0.2) is 20.5 Å². The van der Waals surface area contributed by atoms with Gasteiger partial charge in [0, 0.05) is 33.5 Å². The maximum absolute atomic E-state index is 13.2. The average molecular weight is 398 g/mol. The van der Waals surface area contributed by atoms with E-state index in [1.807, 2.05) is 35.7 Å². The van der Waals surface area contributed by atoms with E-state index in [2.05, 4.69) is 21.5 Å². The highest BCUT2D eigenvalue weighted by molar-refractivity contribution is 7.10. The maximum Gasteiger partial charge on any atom is 0.241 e. The molecule has 1 aliphatic carbocycles. The Labute approximate surface area is 164 Å². The van der Waals surface area contributed by atoms with Gasteiger partial charge in [-0.3, -0.25) is 4.79 Å². The number of aromatic nitrogens is 3. The third-order valence-corrected chi connectivity index (χ3v) is 6.35. The number of benzene rings is 1. The molecule has 27 heavy (non-hydrogen) atoms. The molecule has 0 bridgehead atoms. The van der Waals surface area contributed by atoms with Crippen molar-refractivity contribution < 1.29 is 4.79 Å². The predicted octanol–water partition coefficient (Wildman–Crippen LogP) is 3.99. The third-order valence-electron chi connectivity index (χ3n) is 5.07. The van der Waals surface area contributed by atoms with Crippen LogP contribution in [0.2, 0.25) is 5.02 Å². The lowest BCUT2D eigenvalue weighted by molar-refractivity contribution is -0.116. The average Bonchev–Trinajstić information content (AvgIpc) is 3.29. The molecule has 8 heteroatoms. The predicted molar refractivity (Wildman–Crippen MR) is 106 cm³/mol. The number of rotatable bonds is 2. The summed E-state index contributed by atoms with van der Waals surface area (Å²) >= 11 is 7.74. The first-order chi connectivity index (χ1) is 13.1. The minimum absolute atomic E-state index is 0.127. The van der Waals surface area contributed by atoms with E-state index in [-0.39, 0.29) is 23.7 Å². The SMILES string of the molecule is Nc1nc2n(n1)C(c1ccc(Cl)cc1)C1=C(CC(c3cccs3)CC1=O)N2. The molecule has 1 aliphatic heterocycles. The Morgan fingerprint density at radius 2 is 2.04 bits per heavy atom. The van der Waals surface area contributed by atoms with Gasteiger partial charge >= 0.3 is 0 Å². The first kappa shape index (κ1) is 16.5. The van der Waals surface area contributed by atoms with Gasteiger partial charge in [-0.05, 0) is 35.6 Å². The van der Waals surface area contributed by atoms with Crippen LogP contribution in [0.3, 0.4) is 0 Å². The second-order valence-corrected chi connectivity index (χ2v) is 8.17. The molecule has 0 amide bonds. The van der Waals surface area contributed by atoms with Crippen LogP contribution in [0.1, 0.15) is 35.2 Å². The fourth-order valence-corrected chi connectivity index (χ4v) is 4.86. The molecular weight excluding hydrogens is 382 g/mol. The highest BCUT2D eigenvalue weighted by Crippen LogP contribution is 2.44. The van der Waals surface area contributed by atoms with Gasteiger partial charge in [0.2, 0.25) is 11.9 Å². The lowest BCUT2D eigenvalue weighted by Gasteiger charge is -2.34. The van der Waals surface area contributed by atoms with Gasteiger partial charge in [0.1, 0.15) is 6.04 Å². The maximum atomic E-state index is 13.2. The molecule has 2 aromatic heterocycles. The number of nitrogens with zero attached hydrogens (tertiary/aromatic N) is 3. The van der Waals surface area contributed by atoms with Gasteiger partial charge in [-0.2, -0.15) is 4.98 Å². The standard InChI is InChI=1S/C19H16ClN5OS/c20-12-5-3-10(4-6-12)17-16-13(22-19-23-18(21)24-25(17)19)8-11(9-14(16)26)15-2-1-7-27-15/h1-7,11,17H,8-9H2,(H3,21,22,23,24). The van der Waals surface area contributed by atoms with E-state index in [9.17, 15) is 4.79 Å². The van der Waals surface area contributed by atoms with Crippen molar-refractivity contribution in [3.8, 4) is 0 Å². The monoisotopic (exact) mass is 397 g/mol. The fourth-order valence-electron chi connectivity index (χ4n) is 3.91. The zero-order chi connectivity index (χ0) is 18.5. The van der Waals surface area contributed by atoms with Crippen molar-refractivity contribution in [1.82, 2.24) is 14.8 Å². The summed E-state index contributed by atoms with van der Waals surface area (Å²) in [7, 11) is 0. The summed E-state index contributed by atoms with van der Waals surface area (Å²) in [6.45, 7) is 0. The van der Waals surface area contributed by atoms with Crippen molar-refractivity contribution in [3.05, 3.63) is 68.5 Å². The summed E-state index contributed by atoms with van der Waals surface area (Å²) in [6.07, 6.45) is 1.25. The van der Waals surface area contributed by atoms with E-state index < -0.39 is 0 Å². The molecule has 6 nitrogen and oxygen atoms in total. The number of anilines is 2. The number of carbonyl (C=O) groups is 1. The Kier molecular flexibility index (Phi) is 3.80. The van der Waals surface area contributed by atoms with Gasteiger partial charge in [-0.15, -0.1) is 16.4 Å². The van der Waals surface area contributed by atoms with Crippen LogP contribution < -0.4 is 11.1 Å². The number of carbonyl (C=O) groups excluding carboxylic acids is 1. The number of allylic oxidation sites excluding steroid dienone is 2. The molecule has 2 atom stereocenters. The van der Waals surface area contributed by atoms with Gasteiger partial charge in [-0.1, -0.05) is 29.8 Å². The molecule has 2 unspecified atom stereocenters. The van der Waals surface area contributed by atoms with Crippen molar-refractivity contribution >= 4 is 40.6 Å². The lowest BCUT2D eigenvalue weighted by atomic mass is 9.80. The summed E-state index contributed by atoms with van der Waals surface area (Å²) in [4.78, 5) is 18.7. The van der Waals surface area contributed by atoms with E-state index in [1.165, 1.54) is 4.88 Å². The second-order valence-electron chi connectivity index (χ2n) is 6.75. The van der Waals surface area contributed by atoms with Gasteiger partial charge in [0.15, 0.2) is 5.78 Å². The van der Waals surface area contributed by atoms with Crippen molar-refractivity contribution in [2.24, 2.45) is 0 Å². The second kappa shape index (κ2) is 6.21. The highest BCUT2D eigenvalue weighted by atomic mass is 35.5. The topological polar surface area (TPSA) is 85.8 Å². The van der Waals surface area contributed by atoms with Crippen LogP contribution in [0.5, 0.6) is 0 Å². The van der Waals surface area contributed by atoms with Gasteiger partial charge in [-0.25, -0.2) is 4.68 Å². The van der Waals surface area contributed by atoms with Crippen LogP contribution in [0.4, 0.5) is 11.9 Å². The molecule has 3 aromatic rings. The van der Waals surface area contributed by atoms with E-state index in [4.69, 9.17) is 17.3 Å². The Bertz CT molecular complexity index is 1050. The Hall–Kier alpha value is -2.64. The Morgan fingerprint density at radius 1 is 1.22 bits per heavy atom. The molecule has 0 saturated heterocycles. The summed E-state index contributed by atoms with van der Waals surface area (Å²) < 4.78 is 1.70. The number of Topliss-reactive ketones (excluding diaryl/α,β-unsaturated/α-hetero) is 1. The quantitative estimate of drug-likeness (QED) is 0.682. The minimum Gasteiger partial charge on any atom is -0.366 e. The number of halogens is 1. The number of nitrogens with one attached hydrogen (secondary N) is 1. The first-order valence-electron chi connectivity index (χ1n) is 8.64. The molecule has 0 fully saturated rings. The van der Waals surface area contributed by atoms with Crippen molar-refractivity contribution in [1.29, 1.82) is 0 Å². The minimum atomic E-state index is -0.352. The molecule has 0 radical (unpaired) electrons. The Balaban J connectivity index is 1.63. The van der Waals surface area contributed by atoms with Crippen molar-refractivity contribution in [2.45, 2.75) is 24.8 Å². The molecule has 0 spiro atoms. The molecular formula is C19H16ClN5OS. The van der Waals surface area contributed by atoms with Crippen LogP contribution in [0.25, 0.3) is 0 Å². The van der Waals surface area contributed by atoms with Gasteiger partial charge in [0.05, 0.1) is 0 Å². The number of fused-ring (bicyclic) bond motifs is 1. The molecule has 0 saturated carbocycles. The first-order valence-corrected chi connectivity index (χ1v) is 9.90. The van der Waals surface area contributed by atoms with Crippen LogP contribution in [0, 0.1) is 0 Å². The van der Waals surface area contributed by atoms with Crippen LogP contribution in [-0.2, 0) is 4.79 Å². The molecule has 136 valence electrons. The Morgan fingerprint density at radius 3 is 2.78 bits per heavy atom. The smallest absolute Gasteiger partial charge is 0.241 e. The van der Waals surface area contributed by atoms with Crippen molar-refractivity contribution in [3.63, 3.8) is 0 Å². The molecule has 3 heterocycles. The number of nitrogen functional groups attached to an aromatic ring is 1. The number of hydrogen-bond acceptors (Lipinski definition) is 6. The normalized spacial score (nSPS) is 21.6. The molecule has 1 aromatic carbocycles. The van der Waals surface area contributed by atoms with Gasteiger partial charge in [0.25, 0.3) is 0 Å². The zero-order valence-electron chi connectivity index (χ0n) is 14.2. The summed E-state index contributed by atoms with van der Waals surface area (Å²) in [5.74, 6) is 1.05. The summed E-state index contributed by atoms with van der Waals surface area (Å²) in [6, 6.07) is 11.2. The lowest BCUT2D eigenvalue weighted by Crippen LogP contribution is -2.33. The van der Waals surface area contributed by atoms with E-state index in [1.54, 1.807) is 16.0 Å². The number of nitrogens with two attached hydrogens (primary N) is 1. The fraction of sp³-hybridized carbons (Fsp3) is 0.211. The van der Waals surface area contributed by atoms with Gasteiger partial charge < -0.3 is 11.1 Å². The molecule has 2 aliphatic rings. The highest BCUT2D eigenvalue weighted by Gasteiger charge is 2.39. The van der Waals surface area contributed by atoms with E-state index in [0.717, 1.165) is 23.3 Å². The number of ketones is 1. The van der Waals surface area contributed by atoms with E-state index in [0.29, 0.717) is 17.4 Å². The van der Waals surface area contributed by atoms with E-state index >= 15 is 0 Å². The number of hydrogen-bond donors (Lipinski definition) is 2. The zero-order valence-corrected chi connectivity index (χ0v) is 15.8.